The molecule has 0 aromatic heterocycles. The monoisotopic (exact) mass is 272 g/mol. The highest BCUT2D eigenvalue weighted by Crippen LogP contribution is 2.24. The number of rotatable bonds is 8. The fourth-order valence-corrected chi connectivity index (χ4v) is 3.40. The summed E-state index contributed by atoms with van der Waals surface area (Å²) in [6.45, 7) is 13.0. The minimum Gasteiger partial charge on any atom is -0.311 e. The van der Waals surface area contributed by atoms with E-state index in [1.165, 1.54) is 50.3 Å². The Morgan fingerprint density at radius 2 is 2.11 bits per heavy atom. The first-order chi connectivity index (χ1) is 8.66. The fourth-order valence-electron chi connectivity index (χ4n) is 2.78. The van der Waals surface area contributed by atoms with Crippen molar-refractivity contribution in [3.8, 4) is 0 Å². The summed E-state index contributed by atoms with van der Waals surface area (Å²) in [5.41, 5.74) is 0.376. The number of piperazine rings is 1. The molecule has 0 radical (unpaired) electrons. The van der Waals surface area contributed by atoms with Gasteiger partial charge in [-0.1, -0.05) is 27.2 Å². The number of nitrogens with zero attached hydrogens (tertiary/aromatic N) is 1. The van der Waals surface area contributed by atoms with Crippen LogP contribution in [0.4, 0.5) is 0 Å². The minimum atomic E-state index is 0.376. The zero-order valence-corrected chi connectivity index (χ0v) is 13.6. The average molecular weight is 273 g/mol. The van der Waals surface area contributed by atoms with Crippen molar-refractivity contribution >= 4 is 11.8 Å². The Morgan fingerprint density at radius 3 is 2.72 bits per heavy atom. The summed E-state index contributed by atoms with van der Waals surface area (Å²) < 4.78 is 0. The molecule has 2 nitrogen and oxygen atoms in total. The lowest BCUT2D eigenvalue weighted by molar-refractivity contribution is 0.0473. The topological polar surface area (TPSA) is 15.3 Å². The maximum atomic E-state index is 3.75. The largest absolute Gasteiger partial charge is 0.311 e. The van der Waals surface area contributed by atoms with Gasteiger partial charge in [0.1, 0.15) is 0 Å². The van der Waals surface area contributed by atoms with Gasteiger partial charge in [-0.2, -0.15) is 11.8 Å². The van der Waals surface area contributed by atoms with E-state index >= 15 is 0 Å². The molecule has 18 heavy (non-hydrogen) atoms. The van der Waals surface area contributed by atoms with Crippen LogP contribution < -0.4 is 5.32 Å². The fraction of sp³-hybridized carbons (Fsp3) is 1.00. The van der Waals surface area contributed by atoms with E-state index in [0.29, 0.717) is 11.6 Å². The van der Waals surface area contributed by atoms with Gasteiger partial charge in [0.15, 0.2) is 0 Å². The number of thioether (sulfide) groups is 1. The maximum Gasteiger partial charge on any atom is 0.0303 e. The lowest BCUT2D eigenvalue weighted by atomic mass is 9.91. The van der Waals surface area contributed by atoms with Crippen molar-refractivity contribution in [2.45, 2.75) is 65.0 Å². The van der Waals surface area contributed by atoms with Crippen molar-refractivity contribution in [2.24, 2.45) is 0 Å². The van der Waals surface area contributed by atoms with Crippen LogP contribution in [-0.4, -0.2) is 47.6 Å². The first-order valence-corrected chi connectivity index (χ1v) is 8.88. The normalized spacial score (nSPS) is 29.7. The molecule has 0 saturated carbocycles. The molecule has 1 heterocycles. The molecule has 2 atom stereocenters. The molecule has 0 aliphatic carbocycles. The van der Waals surface area contributed by atoms with Crippen molar-refractivity contribution in [1.29, 1.82) is 0 Å². The van der Waals surface area contributed by atoms with Crippen molar-refractivity contribution in [2.75, 3.05) is 31.1 Å². The molecular formula is C15H32N2S. The maximum absolute atomic E-state index is 3.75. The van der Waals surface area contributed by atoms with E-state index in [-0.39, 0.29) is 0 Å². The third kappa shape index (κ3) is 4.75. The highest BCUT2D eigenvalue weighted by Gasteiger charge is 2.35. The average Bonchev–Trinajstić information content (AvgIpc) is 2.38. The number of hydrogen-bond donors (Lipinski definition) is 1. The van der Waals surface area contributed by atoms with Crippen LogP contribution in [0.2, 0.25) is 0 Å². The highest BCUT2D eigenvalue weighted by atomic mass is 32.2. The summed E-state index contributed by atoms with van der Waals surface area (Å²) in [6, 6.07) is 0.716. The van der Waals surface area contributed by atoms with Crippen LogP contribution in [-0.2, 0) is 0 Å². The van der Waals surface area contributed by atoms with Gasteiger partial charge in [-0.05, 0) is 44.2 Å². The lowest BCUT2D eigenvalue weighted by Gasteiger charge is -2.48. The van der Waals surface area contributed by atoms with E-state index in [9.17, 15) is 0 Å². The summed E-state index contributed by atoms with van der Waals surface area (Å²) in [5.74, 6) is 2.57. The van der Waals surface area contributed by atoms with Crippen LogP contribution in [0.15, 0.2) is 0 Å². The molecular weight excluding hydrogens is 240 g/mol. The first-order valence-electron chi connectivity index (χ1n) is 7.72. The van der Waals surface area contributed by atoms with E-state index in [2.05, 4.69) is 49.7 Å². The second-order valence-electron chi connectivity index (χ2n) is 5.71. The molecule has 0 aromatic carbocycles. The van der Waals surface area contributed by atoms with Crippen LogP contribution in [0.5, 0.6) is 0 Å². The van der Waals surface area contributed by atoms with Gasteiger partial charge in [-0.15, -0.1) is 0 Å². The van der Waals surface area contributed by atoms with Crippen LogP contribution >= 0.6 is 11.8 Å². The number of nitrogens with one attached hydrogen (secondary N) is 1. The Kier molecular flexibility index (Phi) is 7.66. The van der Waals surface area contributed by atoms with Crippen molar-refractivity contribution in [3.05, 3.63) is 0 Å². The third-order valence-corrected chi connectivity index (χ3v) is 5.28. The standard InChI is InChI=1S/C15H32N2S/c1-5-9-14-12-17(10-8-11-18-7-3)15(4,6-2)13-16-14/h14,16H,5-13H2,1-4H3. The van der Waals surface area contributed by atoms with Crippen molar-refractivity contribution in [3.63, 3.8) is 0 Å². The Balaban J connectivity index is 2.45. The van der Waals surface area contributed by atoms with Gasteiger partial charge in [0.2, 0.25) is 0 Å². The van der Waals surface area contributed by atoms with Gasteiger partial charge in [0, 0.05) is 24.7 Å². The van der Waals surface area contributed by atoms with Crippen molar-refractivity contribution in [1.82, 2.24) is 10.2 Å². The molecule has 0 aromatic rings. The summed E-state index contributed by atoms with van der Waals surface area (Å²) in [7, 11) is 0. The molecule has 1 fully saturated rings. The zero-order valence-electron chi connectivity index (χ0n) is 12.8. The second-order valence-corrected chi connectivity index (χ2v) is 7.11. The van der Waals surface area contributed by atoms with Gasteiger partial charge >= 0.3 is 0 Å². The van der Waals surface area contributed by atoms with Crippen LogP contribution in [0, 0.1) is 0 Å². The van der Waals surface area contributed by atoms with E-state index < -0.39 is 0 Å². The Labute approximate surface area is 118 Å². The van der Waals surface area contributed by atoms with Gasteiger partial charge in [0.05, 0.1) is 0 Å². The second kappa shape index (κ2) is 8.44. The molecule has 1 aliphatic heterocycles. The molecule has 1 aliphatic rings. The van der Waals surface area contributed by atoms with Gasteiger partial charge in [-0.3, -0.25) is 4.90 Å². The zero-order chi connectivity index (χ0) is 13.4. The molecule has 1 saturated heterocycles. The molecule has 0 spiro atoms. The summed E-state index contributed by atoms with van der Waals surface area (Å²) >= 11 is 2.07. The minimum absolute atomic E-state index is 0.376. The summed E-state index contributed by atoms with van der Waals surface area (Å²) in [6.07, 6.45) is 5.20. The molecule has 3 heteroatoms. The summed E-state index contributed by atoms with van der Waals surface area (Å²) in [4.78, 5) is 2.75. The van der Waals surface area contributed by atoms with E-state index in [4.69, 9.17) is 0 Å². The Hall–Kier alpha value is 0.270. The highest BCUT2D eigenvalue weighted by molar-refractivity contribution is 7.99. The predicted molar refractivity (Wildman–Crippen MR) is 84.6 cm³/mol. The summed E-state index contributed by atoms with van der Waals surface area (Å²) in [5, 5.41) is 3.75. The molecule has 1 rings (SSSR count). The smallest absolute Gasteiger partial charge is 0.0303 e. The molecule has 2 unspecified atom stereocenters. The number of hydrogen-bond acceptors (Lipinski definition) is 3. The molecule has 0 amide bonds. The van der Waals surface area contributed by atoms with Crippen molar-refractivity contribution < 1.29 is 0 Å². The van der Waals surface area contributed by atoms with Crippen LogP contribution in [0.1, 0.15) is 53.4 Å². The first kappa shape index (κ1) is 16.3. The third-order valence-electron chi connectivity index (χ3n) is 4.30. The molecule has 108 valence electrons. The van der Waals surface area contributed by atoms with Gasteiger partial charge in [-0.25, -0.2) is 0 Å². The SMILES string of the molecule is CCCC1CN(CCCSCC)C(C)(CC)CN1. The van der Waals surface area contributed by atoms with Gasteiger partial charge in [0.25, 0.3) is 0 Å². The Bertz CT molecular complexity index is 223. The van der Waals surface area contributed by atoms with E-state index in [1.807, 2.05) is 0 Å². The van der Waals surface area contributed by atoms with Crippen LogP contribution in [0.25, 0.3) is 0 Å². The van der Waals surface area contributed by atoms with Crippen LogP contribution in [0.3, 0.4) is 0 Å². The van der Waals surface area contributed by atoms with Gasteiger partial charge < -0.3 is 5.32 Å². The molecule has 1 N–H and O–H groups in total. The molecule has 0 bridgehead atoms. The Morgan fingerprint density at radius 1 is 1.33 bits per heavy atom. The van der Waals surface area contributed by atoms with E-state index in [0.717, 1.165) is 6.54 Å². The predicted octanol–water partition coefficient (Wildman–Crippen LogP) is 3.37. The lowest BCUT2D eigenvalue weighted by Crippen LogP contribution is -2.63. The van der Waals surface area contributed by atoms with E-state index in [1.54, 1.807) is 0 Å². The quantitative estimate of drug-likeness (QED) is 0.682.